The molecule has 1 aliphatic heterocycles. The van der Waals surface area contributed by atoms with Crippen LogP contribution in [0.15, 0.2) is 24.3 Å². The number of piperidine rings is 1. The molecule has 1 N–H and O–H groups in total. The monoisotopic (exact) mass is 352 g/mol. The summed E-state index contributed by atoms with van der Waals surface area (Å²) in [6.45, 7) is 1.95. The maximum atomic E-state index is 12.4. The van der Waals surface area contributed by atoms with Crippen LogP contribution in [0.3, 0.4) is 0 Å². The highest BCUT2D eigenvalue weighted by atomic mass is 32.2. The van der Waals surface area contributed by atoms with Crippen molar-refractivity contribution < 1.29 is 18.0 Å². The van der Waals surface area contributed by atoms with Crippen molar-refractivity contribution >= 4 is 21.7 Å². The molecule has 0 radical (unpaired) electrons. The van der Waals surface area contributed by atoms with Gasteiger partial charge in [-0.05, 0) is 37.0 Å². The topological polar surface area (TPSA) is 83.5 Å². The van der Waals surface area contributed by atoms with Gasteiger partial charge in [-0.2, -0.15) is 0 Å². The standard InChI is InChI=1S/C17H24N2O4S/c1-24(22,23)12-9-16(20)18-13-14-5-7-15(8-6-14)17(21)19-10-3-2-4-11-19/h5-8H,2-4,9-13H2,1H3,(H,18,20). The van der Waals surface area contributed by atoms with Gasteiger partial charge in [0.1, 0.15) is 9.84 Å². The quantitative estimate of drug-likeness (QED) is 0.838. The average Bonchev–Trinajstić information content (AvgIpc) is 2.58. The fraction of sp³-hybridized carbons (Fsp3) is 0.529. The van der Waals surface area contributed by atoms with E-state index in [2.05, 4.69) is 5.32 Å². The predicted octanol–water partition coefficient (Wildman–Crippen LogP) is 1.36. The maximum Gasteiger partial charge on any atom is 0.253 e. The zero-order valence-electron chi connectivity index (χ0n) is 14.0. The largest absolute Gasteiger partial charge is 0.352 e. The van der Waals surface area contributed by atoms with Crippen molar-refractivity contribution in [3.05, 3.63) is 35.4 Å². The maximum absolute atomic E-state index is 12.4. The van der Waals surface area contributed by atoms with Gasteiger partial charge in [-0.3, -0.25) is 9.59 Å². The minimum Gasteiger partial charge on any atom is -0.352 e. The van der Waals surface area contributed by atoms with Crippen LogP contribution in [0.4, 0.5) is 0 Å². The molecule has 6 nitrogen and oxygen atoms in total. The SMILES string of the molecule is CS(=O)(=O)CCC(=O)NCc1ccc(C(=O)N2CCCCC2)cc1. The van der Waals surface area contributed by atoms with Crippen molar-refractivity contribution in [3.8, 4) is 0 Å². The highest BCUT2D eigenvalue weighted by molar-refractivity contribution is 7.90. The molecular formula is C17H24N2O4S. The number of hydrogen-bond acceptors (Lipinski definition) is 4. The summed E-state index contributed by atoms with van der Waals surface area (Å²) in [6.07, 6.45) is 4.37. The van der Waals surface area contributed by atoms with Gasteiger partial charge in [0, 0.05) is 37.9 Å². The number of nitrogens with zero attached hydrogens (tertiary/aromatic N) is 1. The lowest BCUT2D eigenvalue weighted by Crippen LogP contribution is -2.35. The summed E-state index contributed by atoms with van der Waals surface area (Å²) < 4.78 is 22.1. The van der Waals surface area contributed by atoms with E-state index >= 15 is 0 Å². The molecule has 1 aliphatic rings. The molecule has 24 heavy (non-hydrogen) atoms. The fourth-order valence-electron chi connectivity index (χ4n) is 2.61. The van der Waals surface area contributed by atoms with Crippen LogP contribution in [-0.4, -0.2) is 50.2 Å². The van der Waals surface area contributed by atoms with E-state index in [4.69, 9.17) is 0 Å². The van der Waals surface area contributed by atoms with E-state index in [1.54, 1.807) is 12.1 Å². The number of sulfone groups is 1. The van der Waals surface area contributed by atoms with Gasteiger partial charge in [0.2, 0.25) is 5.91 Å². The lowest BCUT2D eigenvalue weighted by molar-refractivity contribution is -0.120. The number of likely N-dealkylation sites (tertiary alicyclic amines) is 1. The van der Waals surface area contributed by atoms with Gasteiger partial charge < -0.3 is 10.2 Å². The zero-order valence-corrected chi connectivity index (χ0v) is 14.8. The van der Waals surface area contributed by atoms with Gasteiger partial charge in [-0.1, -0.05) is 12.1 Å². The minimum atomic E-state index is -3.13. The lowest BCUT2D eigenvalue weighted by Gasteiger charge is -2.26. The third-order valence-electron chi connectivity index (χ3n) is 4.03. The highest BCUT2D eigenvalue weighted by Gasteiger charge is 2.17. The van der Waals surface area contributed by atoms with Crippen LogP contribution < -0.4 is 5.32 Å². The normalized spacial score (nSPS) is 15.1. The van der Waals surface area contributed by atoms with Crippen molar-refractivity contribution in [2.24, 2.45) is 0 Å². The predicted molar refractivity (Wildman–Crippen MR) is 92.4 cm³/mol. The molecule has 0 spiro atoms. The van der Waals surface area contributed by atoms with E-state index in [-0.39, 0.29) is 24.0 Å². The van der Waals surface area contributed by atoms with Crippen LogP contribution in [-0.2, 0) is 21.2 Å². The third kappa shape index (κ3) is 5.96. The fourth-order valence-corrected chi connectivity index (χ4v) is 3.17. The van der Waals surface area contributed by atoms with Gasteiger partial charge in [0.25, 0.3) is 5.91 Å². The number of benzene rings is 1. The van der Waals surface area contributed by atoms with Crippen molar-refractivity contribution in [1.29, 1.82) is 0 Å². The number of nitrogens with one attached hydrogen (secondary N) is 1. The first-order valence-corrected chi connectivity index (χ1v) is 10.2. The summed E-state index contributed by atoms with van der Waals surface area (Å²) in [5, 5.41) is 2.68. The van der Waals surface area contributed by atoms with Gasteiger partial charge in [0.05, 0.1) is 5.75 Å². The Morgan fingerprint density at radius 2 is 1.71 bits per heavy atom. The van der Waals surface area contributed by atoms with E-state index in [1.165, 1.54) is 6.42 Å². The van der Waals surface area contributed by atoms with E-state index in [0.29, 0.717) is 12.1 Å². The Morgan fingerprint density at radius 1 is 1.08 bits per heavy atom. The summed E-state index contributed by atoms with van der Waals surface area (Å²) in [5.41, 5.74) is 1.53. The van der Waals surface area contributed by atoms with Crippen LogP contribution >= 0.6 is 0 Å². The van der Waals surface area contributed by atoms with Gasteiger partial charge in [-0.15, -0.1) is 0 Å². The second kappa shape index (κ2) is 8.28. The Kier molecular flexibility index (Phi) is 6.36. The molecule has 132 valence electrons. The van der Waals surface area contributed by atoms with E-state index in [9.17, 15) is 18.0 Å². The number of rotatable bonds is 6. The average molecular weight is 352 g/mol. The summed E-state index contributed by atoms with van der Waals surface area (Å²) in [6, 6.07) is 7.17. The first kappa shape index (κ1) is 18.4. The third-order valence-corrected chi connectivity index (χ3v) is 4.98. The van der Waals surface area contributed by atoms with Crippen LogP contribution in [0.5, 0.6) is 0 Å². The molecule has 7 heteroatoms. The zero-order chi connectivity index (χ0) is 17.6. The van der Waals surface area contributed by atoms with E-state index in [0.717, 1.165) is 37.8 Å². The first-order valence-electron chi connectivity index (χ1n) is 8.18. The smallest absolute Gasteiger partial charge is 0.253 e. The van der Waals surface area contributed by atoms with E-state index < -0.39 is 9.84 Å². The highest BCUT2D eigenvalue weighted by Crippen LogP contribution is 2.13. The Labute approximate surface area is 143 Å². The van der Waals surface area contributed by atoms with Crippen LogP contribution in [0.25, 0.3) is 0 Å². The first-order chi connectivity index (χ1) is 11.3. The molecular weight excluding hydrogens is 328 g/mol. The molecule has 1 aromatic rings. The second-order valence-electron chi connectivity index (χ2n) is 6.21. The molecule has 2 rings (SSSR count). The number of carbonyl (C=O) groups excluding carboxylic acids is 2. The number of carbonyl (C=O) groups is 2. The molecule has 1 saturated heterocycles. The Balaban J connectivity index is 1.83. The summed E-state index contributed by atoms with van der Waals surface area (Å²) in [4.78, 5) is 25.8. The van der Waals surface area contributed by atoms with Crippen LogP contribution in [0, 0.1) is 0 Å². The van der Waals surface area contributed by atoms with Gasteiger partial charge >= 0.3 is 0 Å². The van der Waals surface area contributed by atoms with Crippen molar-refractivity contribution in [1.82, 2.24) is 10.2 Å². The Morgan fingerprint density at radius 3 is 2.29 bits per heavy atom. The molecule has 0 atom stereocenters. The number of hydrogen-bond donors (Lipinski definition) is 1. The van der Waals surface area contributed by atoms with E-state index in [1.807, 2.05) is 17.0 Å². The summed E-state index contributed by atoms with van der Waals surface area (Å²) in [5.74, 6) is -0.394. The van der Waals surface area contributed by atoms with Gasteiger partial charge in [-0.25, -0.2) is 8.42 Å². The van der Waals surface area contributed by atoms with Crippen LogP contribution in [0.2, 0.25) is 0 Å². The lowest BCUT2D eigenvalue weighted by atomic mass is 10.1. The molecule has 0 aliphatic carbocycles. The Bertz CT molecular complexity index is 677. The van der Waals surface area contributed by atoms with Gasteiger partial charge in [0.15, 0.2) is 0 Å². The molecule has 2 amide bonds. The van der Waals surface area contributed by atoms with Crippen LogP contribution in [0.1, 0.15) is 41.6 Å². The molecule has 0 unspecified atom stereocenters. The molecule has 0 bridgehead atoms. The van der Waals surface area contributed by atoms with Crippen molar-refractivity contribution in [2.45, 2.75) is 32.2 Å². The van der Waals surface area contributed by atoms with Crippen molar-refractivity contribution in [2.75, 3.05) is 25.1 Å². The molecule has 1 heterocycles. The van der Waals surface area contributed by atoms with Crippen molar-refractivity contribution in [3.63, 3.8) is 0 Å². The molecule has 0 aromatic heterocycles. The second-order valence-corrected chi connectivity index (χ2v) is 8.47. The molecule has 1 fully saturated rings. The number of amides is 2. The molecule has 0 saturated carbocycles. The minimum absolute atomic E-state index is 0.0373. The Hall–Kier alpha value is -1.89. The molecule has 1 aromatic carbocycles. The summed E-state index contributed by atoms with van der Waals surface area (Å²) >= 11 is 0. The summed E-state index contributed by atoms with van der Waals surface area (Å²) in [7, 11) is -3.13.